The number of benzene rings is 1. The number of rotatable bonds is 11. The van der Waals surface area contributed by atoms with Gasteiger partial charge in [0.2, 0.25) is 0 Å². The van der Waals surface area contributed by atoms with Gasteiger partial charge in [-0.3, -0.25) is 15.4 Å². The van der Waals surface area contributed by atoms with Crippen molar-refractivity contribution in [2.75, 3.05) is 32.8 Å². The molecule has 0 unspecified atom stereocenters. The van der Waals surface area contributed by atoms with Crippen LogP contribution < -0.4 is 5.73 Å². The van der Waals surface area contributed by atoms with Crippen molar-refractivity contribution in [2.24, 2.45) is 11.7 Å². The number of ketones is 2. The van der Waals surface area contributed by atoms with Gasteiger partial charge >= 0.3 is 0 Å². The molecule has 0 amide bonds. The van der Waals surface area contributed by atoms with Crippen molar-refractivity contribution < 1.29 is 19.4 Å². The van der Waals surface area contributed by atoms with E-state index in [2.05, 4.69) is 4.90 Å². The van der Waals surface area contributed by atoms with Crippen LogP contribution in [-0.4, -0.2) is 54.4 Å². The number of Topliss-reactive ketones (excluding diaryl/α,β-unsaturated/α-hetero) is 2. The number of ether oxygens (including phenoxy) is 1. The van der Waals surface area contributed by atoms with Crippen LogP contribution in [0.5, 0.6) is 0 Å². The minimum Gasteiger partial charge on any atom is -0.379 e. The summed E-state index contributed by atoms with van der Waals surface area (Å²) in [5.41, 5.74) is 5.14. The molecule has 150 valence electrons. The van der Waals surface area contributed by atoms with Crippen LogP contribution in [0.15, 0.2) is 30.3 Å². The Balaban J connectivity index is 2.04. The van der Waals surface area contributed by atoms with E-state index >= 15 is 0 Å². The minimum atomic E-state index is -1.71. The molecule has 0 radical (unpaired) electrons. The van der Waals surface area contributed by atoms with E-state index in [9.17, 15) is 14.7 Å². The van der Waals surface area contributed by atoms with E-state index in [0.29, 0.717) is 44.6 Å². The number of carbonyl (C=O) groups is 2. The standard InChI is InChI=1S/C21H32N2O4/c1-17(24)8-4-2-7-11-20(25)19(16-23-12-14-27-15-13-23)21(22,26)18-9-5-3-6-10-18/h3,5-6,9-10,19,26H,2,4,7-8,11-16,22H2,1H3/t19-,21-/m1/s1. The molecular weight excluding hydrogens is 344 g/mol. The predicted octanol–water partition coefficient (Wildman–Crippen LogP) is 1.85. The molecule has 6 heteroatoms. The van der Waals surface area contributed by atoms with Gasteiger partial charge in [0.05, 0.1) is 19.1 Å². The van der Waals surface area contributed by atoms with Crippen molar-refractivity contribution in [3.8, 4) is 0 Å². The van der Waals surface area contributed by atoms with Gasteiger partial charge < -0.3 is 14.6 Å². The molecule has 0 aliphatic carbocycles. The maximum atomic E-state index is 13.0. The molecule has 1 aromatic carbocycles. The zero-order chi connectivity index (χ0) is 19.7. The maximum absolute atomic E-state index is 13.0. The van der Waals surface area contributed by atoms with Crippen molar-refractivity contribution >= 4 is 11.6 Å². The Morgan fingerprint density at radius 1 is 1.15 bits per heavy atom. The highest BCUT2D eigenvalue weighted by Gasteiger charge is 2.40. The third-order valence-electron chi connectivity index (χ3n) is 5.15. The summed E-state index contributed by atoms with van der Waals surface area (Å²) in [5.74, 6) is -0.559. The highest BCUT2D eigenvalue weighted by Crippen LogP contribution is 2.28. The summed E-state index contributed by atoms with van der Waals surface area (Å²) in [6.45, 7) is 4.70. The van der Waals surface area contributed by atoms with Crippen LogP contribution in [0, 0.1) is 5.92 Å². The largest absolute Gasteiger partial charge is 0.379 e. The summed E-state index contributed by atoms with van der Waals surface area (Å²) < 4.78 is 5.38. The fraction of sp³-hybridized carbons (Fsp3) is 0.619. The molecule has 0 saturated carbocycles. The molecule has 6 nitrogen and oxygen atoms in total. The first-order valence-electron chi connectivity index (χ1n) is 9.80. The fourth-order valence-corrected chi connectivity index (χ4v) is 3.46. The Morgan fingerprint density at radius 2 is 1.78 bits per heavy atom. The first-order chi connectivity index (χ1) is 12.9. The lowest BCUT2D eigenvalue weighted by atomic mass is 9.84. The highest BCUT2D eigenvalue weighted by molar-refractivity contribution is 5.82. The van der Waals surface area contributed by atoms with Gasteiger partial charge in [-0.05, 0) is 25.3 Å². The summed E-state index contributed by atoms with van der Waals surface area (Å²) in [6.07, 6.45) is 3.23. The lowest BCUT2D eigenvalue weighted by Gasteiger charge is -2.37. The average Bonchev–Trinajstić information content (AvgIpc) is 2.67. The molecule has 1 heterocycles. The minimum absolute atomic E-state index is 0.0295. The zero-order valence-corrected chi connectivity index (χ0v) is 16.2. The first-order valence-corrected chi connectivity index (χ1v) is 9.80. The molecule has 1 aliphatic heterocycles. The summed E-state index contributed by atoms with van der Waals surface area (Å²) in [7, 11) is 0. The van der Waals surface area contributed by atoms with Crippen molar-refractivity contribution in [1.29, 1.82) is 0 Å². The van der Waals surface area contributed by atoms with Gasteiger partial charge in [-0.2, -0.15) is 0 Å². The van der Waals surface area contributed by atoms with E-state index in [1.54, 1.807) is 19.1 Å². The zero-order valence-electron chi connectivity index (χ0n) is 16.2. The molecule has 2 rings (SSSR count). The van der Waals surface area contributed by atoms with Crippen LogP contribution in [0.25, 0.3) is 0 Å². The molecular formula is C21H32N2O4. The van der Waals surface area contributed by atoms with Gasteiger partial charge in [0.1, 0.15) is 11.6 Å². The molecule has 1 saturated heterocycles. The molecule has 1 aliphatic rings. The number of hydrogen-bond acceptors (Lipinski definition) is 6. The van der Waals surface area contributed by atoms with Gasteiger partial charge in [0, 0.05) is 32.5 Å². The second-order valence-corrected chi connectivity index (χ2v) is 7.39. The van der Waals surface area contributed by atoms with Crippen LogP contribution in [-0.2, 0) is 20.1 Å². The number of unbranched alkanes of at least 4 members (excludes halogenated alkanes) is 2. The molecule has 0 aromatic heterocycles. The molecule has 1 aromatic rings. The lowest BCUT2D eigenvalue weighted by molar-refractivity contribution is -0.136. The number of morpholine rings is 1. The second kappa shape index (κ2) is 10.7. The third kappa shape index (κ3) is 6.81. The van der Waals surface area contributed by atoms with Gasteiger partial charge in [-0.15, -0.1) is 0 Å². The van der Waals surface area contributed by atoms with E-state index in [1.165, 1.54) is 0 Å². The summed E-state index contributed by atoms with van der Waals surface area (Å²) in [5, 5.41) is 11.1. The SMILES string of the molecule is CC(=O)CCCCCC(=O)[C@@H](CN1CCOCC1)[C@](N)(O)c1ccccc1. The van der Waals surface area contributed by atoms with Crippen LogP contribution in [0.3, 0.4) is 0 Å². The Labute approximate surface area is 161 Å². The summed E-state index contributed by atoms with van der Waals surface area (Å²) in [6, 6.07) is 8.99. The van der Waals surface area contributed by atoms with Gasteiger partial charge in [-0.1, -0.05) is 36.8 Å². The van der Waals surface area contributed by atoms with Gasteiger partial charge in [0.25, 0.3) is 0 Å². The monoisotopic (exact) mass is 376 g/mol. The maximum Gasteiger partial charge on any atom is 0.150 e. The smallest absolute Gasteiger partial charge is 0.150 e. The van der Waals surface area contributed by atoms with Crippen molar-refractivity contribution in [3.63, 3.8) is 0 Å². The predicted molar refractivity (Wildman–Crippen MR) is 104 cm³/mol. The van der Waals surface area contributed by atoms with E-state index in [4.69, 9.17) is 10.5 Å². The number of nitrogens with zero attached hydrogens (tertiary/aromatic N) is 1. The van der Waals surface area contributed by atoms with Crippen molar-refractivity contribution in [2.45, 2.75) is 44.8 Å². The molecule has 0 spiro atoms. The number of carbonyl (C=O) groups excluding carboxylic acids is 2. The molecule has 3 N–H and O–H groups in total. The summed E-state index contributed by atoms with van der Waals surface area (Å²) >= 11 is 0. The van der Waals surface area contributed by atoms with Crippen molar-refractivity contribution in [3.05, 3.63) is 35.9 Å². The van der Waals surface area contributed by atoms with E-state index in [1.807, 2.05) is 18.2 Å². The van der Waals surface area contributed by atoms with Crippen LogP contribution in [0.4, 0.5) is 0 Å². The molecule has 0 bridgehead atoms. The average molecular weight is 376 g/mol. The number of hydrogen-bond donors (Lipinski definition) is 2. The van der Waals surface area contributed by atoms with Gasteiger partial charge in [0.15, 0.2) is 5.72 Å². The Hall–Kier alpha value is -1.60. The fourth-order valence-electron chi connectivity index (χ4n) is 3.46. The second-order valence-electron chi connectivity index (χ2n) is 7.39. The topological polar surface area (TPSA) is 92.9 Å². The Morgan fingerprint density at radius 3 is 2.41 bits per heavy atom. The summed E-state index contributed by atoms with van der Waals surface area (Å²) in [4.78, 5) is 26.1. The van der Waals surface area contributed by atoms with Crippen molar-refractivity contribution in [1.82, 2.24) is 4.90 Å². The van der Waals surface area contributed by atoms with Crippen LogP contribution >= 0.6 is 0 Å². The normalized spacial score (nSPS) is 18.6. The number of aliphatic hydroxyl groups is 1. The van der Waals surface area contributed by atoms with Gasteiger partial charge in [-0.25, -0.2) is 0 Å². The lowest BCUT2D eigenvalue weighted by Crippen LogP contribution is -2.53. The molecule has 2 atom stereocenters. The van der Waals surface area contributed by atoms with E-state index < -0.39 is 11.6 Å². The highest BCUT2D eigenvalue weighted by atomic mass is 16.5. The quantitative estimate of drug-likeness (QED) is 0.452. The first kappa shape index (κ1) is 21.7. The Kier molecular flexibility index (Phi) is 8.57. The van der Waals surface area contributed by atoms with E-state index in [0.717, 1.165) is 25.9 Å². The Bertz CT molecular complexity index is 597. The molecule has 27 heavy (non-hydrogen) atoms. The molecule has 1 fully saturated rings. The van der Waals surface area contributed by atoms with E-state index in [-0.39, 0.29) is 11.6 Å². The third-order valence-corrected chi connectivity index (χ3v) is 5.15. The number of nitrogens with two attached hydrogens (primary N) is 1. The van der Waals surface area contributed by atoms with Crippen LogP contribution in [0.2, 0.25) is 0 Å². The van der Waals surface area contributed by atoms with Crippen LogP contribution in [0.1, 0.15) is 44.6 Å².